The molecule has 3 amide bonds. The summed E-state index contributed by atoms with van der Waals surface area (Å²) in [6.07, 6.45) is 6.21. The van der Waals surface area contributed by atoms with Crippen LogP contribution in [0, 0.1) is 11.8 Å². The Bertz CT molecular complexity index is 1960. The first kappa shape index (κ1) is 49.8. The van der Waals surface area contributed by atoms with Crippen LogP contribution in [-0.4, -0.2) is 93.7 Å². The number of carbonyl (C=O) groups excluding carboxylic acids is 3. The molecular formula is C42H61N7O6S4. The number of nitrogens with zero attached hydrogens (tertiary/aromatic N) is 4. The van der Waals surface area contributed by atoms with E-state index in [2.05, 4.69) is 77.7 Å². The van der Waals surface area contributed by atoms with Crippen molar-refractivity contribution in [3.05, 3.63) is 72.1 Å². The van der Waals surface area contributed by atoms with Gasteiger partial charge in [0.05, 0.1) is 55.7 Å². The number of hydrogen-bond donors (Lipinski definition) is 3. The molecule has 0 radical (unpaired) electrons. The van der Waals surface area contributed by atoms with Crippen molar-refractivity contribution in [3.63, 3.8) is 0 Å². The monoisotopic (exact) mass is 887 g/mol. The Kier molecular flexibility index (Phi) is 19.3. The summed E-state index contributed by atoms with van der Waals surface area (Å²) in [7, 11) is 1.28. The average Bonchev–Trinajstić information content (AvgIpc) is 4.04. The van der Waals surface area contributed by atoms with Gasteiger partial charge in [-0.3, -0.25) is 9.59 Å². The maximum atomic E-state index is 13.8. The summed E-state index contributed by atoms with van der Waals surface area (Å²) in [5, 5.41) is 2.66. The van der Waals surface area contributed by atoms with Gasteiger partial charge in [0.25, 0.3) is 0 Å². The van der Waals surface area contributed by atoms with E-state index < -0.39 is 12.1 Å². The smallest absolute Gasteiger partial charge is 0.407 e. The molecule has 0 saturated carbocycles. The van der Waals surface area contributed by atoms with Gasteiger partial charge < -0.3 is 39.3 Å². The number of rotatable bonds is 7. The number of carbonyl (C=O) groups is 3. The van der Waals surface area contributed by atoms with Crippen molar-refractivity contribution in [2.24, 2.45) is 11.8 Å². The molecule has 3 aliphatic rings. The first-order valence-corrected chi connectivity index (χ1v) is 19.7. The Hall–Kier alpha value is -3.61. The average molecular weight is 888 g/mol. The van der Waals surface area contributed by atoms with Crippen molar-refractivity contribution in [1.82, 2.24) is 35.1 Å². The minimum Gasteiger partial charge on any atom is -0.453 e. The van der Waals surface area contributed by atoms with E-state index in [-0.39, 0.29) is 90.4 Å². The van der Waals surface area contributed by atoms with Gasteiger partial charge in [0.15, 0.2) is 0 Å². The second-order valence-electron chi connectivity index (χ2n) is 15.2. The molecular weight excluding hydrogens is 827 g/mol. The fourth-order valence-electron chi connectivity index (χ4n) is 7.78. The van der Waals surface area contributed by atoms with Crippen LogP contribution in [0.2, 0.25) is 0 Å². The van der Waals surface area contributed by atoms with Gasteiger partial charge in [-0.2, -0.15) is 54.0 Å². The van der Waals surface area contributed by atoms with Crippen LogP contribution in [0.4, 0.5) is 4.79 Å². The molecule has 17 heteroatoms. The van der Waals surface area contributed by atoms with Gasteiger partial charge in [-0.25, -0.2) is 14.8 Å². The van der Waals surface area contributed by atoms with Gasteiger partial charge in [0.2, 0.25) is 11.8 Å². The van der Waals surface area contributed by atoms with E-state index in [9.17, 15) is 14.4 Å². The van der Waals surface area contributed by atoms with Crippen LogP contribution in [0.15, 0.2) is 54.7 Å². The second-order valence-corrected chi connectivity index (χ2v) is 15.2. The molecule has 3 N–H and O–H groups in total. The van der Waals surface area contributed by atoms with E-state index in [1.807, 2.05) is 18.0 Å². The maximum absolute atomic E-state index is 13.8. The maximum Gasteiger partial charge on any atom is 0.407 e. The number of benzene rings is 2. The molecule has 4 aromatic rings. The zero-order chi connectivity index (χ0) is 38.5. The highest BCUT2D eigenvalue weighted by atomic mass is 32.1. The third-order valence-electron chi connectivity index (χ3n) is 11.3. The van der Waals surface area contributed by atoms with Gasteiger partial charge in [0, 0.05) is 37.8 Å². The quantitative estimate of drug-likeness (QED) is 0.175. The van der Waals surface area contributed by atoms with Crippen LogP contribution in [-0.2, 0) is 30.4 Å². The molecule has 0 unspecified atom stereocenters. The Morgan fingerprint density at radius 3 is 2.07 bits per heavy atom. The lowest BCUT2D eigenvalue weighted by Crippen LogP contribution is -2.50. The molecule has 13 nitrogen and oxygen atoms in total. The lowest BCUT2D eigenvalue weighted by Gasteiger charge is -2.28. The predicted octanol–water partition coefficient (Wildman–Crippen LogP) is 7.26. The lowest BCUT2D eigenvalue weighted by molar-refractivity contribution is -0.137. The number of alkyl carbamates (subject to hydrolysis) is 1. The summed E-state index contributed by atoms with van der Waals surface area (Å²) in [5.74, 6) is 1.81. The van der Waals surface area contributed by atoms with Crippen molar-refractivity contribution < 1.29 is 28.6 Å². The third kappa shape index (κ3) is 11.4. The summed E-state index contributed by atoms with van der Waals surface area (Å²) in [4.78, 5) is 59.7. The number of imidazole rings is 2. The van der Waals surface area contributed by atoms with Gasteiger partial charge in [0.1, 0.15) is 17.7 Å². The molecule has 2 saturated heterocycles. The highest BCUT2D eigenvalue weighted by Crippen LogP contribution is 2.36. The van der Waals surface area contributed by atoms with Gasteiger partial charge >= 0.3 is 6.09 Å². The van der Waals surface area contributed by atoms with Crippen molar-refractivity contribution >= 4 is 71.9 Å². The van der Waals surface area contributed by atoms with E-state index in [1.54, 1.807) is 4.90 Å². The summed E-state index contributed by atoms with van der Waals surface area (Å²) in [6, 6.07) is 15.6. The van der Waals surface area contributed by atoms with Gasteiger partial charge in [-0.05, 0) is 61.1 Å². The molecule has 5 heterocycles. The summed E-state index contributed by atoms with van der Waals surface area (Å²) < 4.78 is 16.7. The Balaban J connectivity index is 0.00000233. The SMILES string of the molecule is COC(=O)N[C@H]1COCCCCOCc2[nH]c(nc2-c2ccc(-c3ccc(-c4cnc([C@@H]5CCCN5C(=O)[C@@H](C)C(C)C)[nH]4)cc3)cc2)[C@@H]2CCCN2C1=O.S.S.S.S. The van der Waals surface area contributed by atoms with Crippen LogP contribution in [0.25, 0.3) is 33.6 Å². The van der Waals surface area contributed by atoms with Crippen molar-refractivity contribution in [3.8, 4) is 33.6 Å². The Morgan fingerprint density at radius 2 is 1.41 bits per heavy atom. The van der Waals surface area contributed by atoms with Gasteiger partial charge in [-0.15, -0.1) is 0 Å². The van der Waals surface area contributed by atoms with E-state index in [1.165, 1.54) is 7.11 Å². The first-order chi connectivity index (χ1) is 26.7. The van der Waals surface area contributed by atoms with Crippen LogP contribution in [0.1, 0.15) is 88.7 Å². The van der Waals surface area contributed by atoms with E-state index in [4.69, 9.17) is 24.2 Å². The number of aromatic nitrogens is 4. The van der Waals surface area contributed by atoms with Crippen LogP contribution in [0.5, 0.6) is 0 Å². The standard InChI is InChI=1S/C42H53N7O6.4H2S/c1-26(2)27(3)40(50)48-19-7-9-35(48)38-43-23-32(44-38)30-15-11-28(12-16-30)29-13-17-31(18-14-29)37-33-24-54-21-5-6-22-55-25-34(46-42(52)53-4)41(51)49-20-8-10-36(49)39(45-33)47-37;;;;/h11-18,23,26-27,34-36H,5-10,19-22,24-25H2,1-4H3,(H,43,44)(H,45,47)(H,46,52);4*1H2/t27-,34-,35-,36-;;;;/m0..../s1. The number of H-pyrrole nitrogens is 2. The fourth-order valence-corrected chi connectivity index (χ4v) is 7.78. The Labute approximate surface area is 375 Å². The third-order valence-corrected chi connectivity index (χ3v) is 11.3. The number of likely N-dealkylation sites (tertiary alicyclic amines) is 1. The lowest BCUT2D eigenvalue weighted by atomic mass is 9.96. The number of ether oxygens (including phenoxy) is 3. The molecule has 7 rings (SSSR count). The van der Waals surface area contributed by atoms with Crippen LogP contribution in [0.3, 0.4) is 0 Å². The second kappa shape index (κ2) is 22.8. The first-order valence-electron chi connectivity index (χ1n) is 19.7. The van der Waals surface area contributed by atoms with Crippen molar-refractivity contribution in [2.75, 3.05) is 40.0 Å². The van der Waals surface area contributed by atoms with Crippen molar-refractivity contribution in [2.45, 2.75) is 84.0 Å². The number of hydrogen-bond acceptors (Lipinski definition) is 8. The van der Waals surface area contributed by atoms with E-state index in [0.29, 0.717) is 38.1 Å². The number of nitrogens with one attached hydrogen (secondary N) is 3. The zero-order valence-electron chi connectivity index (χ0n) is 34.3. The van der Waals surface area contributed by atoms with Crippen LogP contribution >= 0.6 is 54.0 Å². The highest BCUT2D eigenvalue weighted by molar-refractivity contribution is 7.59. The number of fused-ring (bicyclic) bond motifs is 4. The normalized spacial score (nSPS) is 20.1. The minimum absolute atomic E-state index is 0. The predicted molar refractivity (Wildman–Crippen MR) is 249 cm³/mol. The van der Waals surface area contributed by atoms with Crippen molar-refractivity contribution in [1.29, 1.82) is 0 Å². The van der Waals surface area contributed by atoms with Gasteiger partial charge in [-0.1, -0.05) is 69.3 Å². The minimum atomic E-state index is -0.861. The number of aromatic amines is 2. The molecule has 324 valence electrons. The number of methoxy groups -OCH3 is 1. The summed E-state index contributed by atoms with van der Waals surface area (Å²) in [5.41, 5.74) is 6.72. The largest absolute Gasteiger partial charge is 0.453 e. The summed E-state index contributed by atoms with van der Waals surface area (Å²) >= 11 is 0. The molecule has 2 aromatic carbocycles. The topological polar surface area (TPSA) is 155 Å². The Morgan fingerprint density at radius 1 is 0.797 bits per heavy atom. The molecule has 0 spiro atoms. The molecule has 4 atom stereocenters. The molecule has 2 bridgehead atoms. The zero-order valence-corrected chi connectivity index (χ0v) is 38.3. The summed E-state index contributed by atoms with van der Waals surface area (Å²) in [6.45, 7) is 8.98. The molecule has 3 aliphatic heterocycles. The van der Waals surface area contributed by atoms with E-state index in [0.717, 1.165) is 90.2 Å². The molecule has 2 aromatic heterocycles. The number of amides is 3. The van der Waals surface area contributed by atoms with Crippen LogP contribution < -0.4 is 5.32 Å². The fraction of sp³-hybridized carbons (Fsp3) is 0.500. The molecule has 2 fully saturated rings. The highest BCUT2D eigenvalue weighted by Gasteiger charge is 2.38. The molecule has 59 heavy (non-hydrogen) atoms. The molecule has 0 aliphatic carbocycles. The van der Waals surface area contributed by atoms with E-state index >= 15 is 0 Å².